The molecule has 1 unspecified atom stereocenters. The van der Waals surface area contributed by atoms with E-state index in [2.05, 4.69) is 36.4 Å². The number of hydrogen-bond donors (Lipinski definition) is 0. The van der Waals surface area contributed by atoms with Crippen molar-refractivity contribution in [1.82, 2.24) is 0 Å². The molecule has 0 N–H and O–H groups in total. The maximum atomic E-state index is 6.02. The Bertz CT molecular complexity index is 471. The van der Waals surface area contributed by atoms with Crippen LogP contribution in [-0.2, 0) is 0 Å². The SMILES string of the molecule is COc1ccc(-c2ccc(C(C)Cl)cc2)cc1. The fourth-order valence-corrected chi connectivity index (χ4v) is 1.87. The van der Waals surface area contributed by atoms with Crippen LogP contribution >= 0.6 is 11.6 Å². The molecule has 2 rings (SSSR count). The van der Waals surface area contributed by atoms with Gasteiger partial charge in [-0.15, -0.1) is 11.6 Å². The van der Waals surface area contributed by atoms with Crippen LogP contribution in [0.5, 0.6) is 5.75 Å². The van der Waals surface area contributed by atoms with E-state index in [0.29, 0.717) is 0 Å². The Balaban J connectivity index is 2.26. The van der Waals surface area contributed by atoms with Gasteiger partial charge in [0, 0.05) is 0 Å². The van der Waals surface area contributed by atoms with E-state index < -0.39 is 0 Å². The summed E-state index contributed by atoms with van der Waals surface area (Å²) in [6, 6.07) is 16.4. The van der Waals surface area contributed by atoms with Gasteiger partial charge in [-0.1, -0.05) is 36.4 Å². The van der Waals surface area contributed by atoms with Crippen LogP contribution in [0.25, 0.3) is 11.1 Å². The molecule has 0 amide bonds. The van der Waals surface area contributed by atoms with Gasteiger partial charge >= 0.3 is 0 Å². The van der Waals surface area contributed by atoms with Gasteiger partial charge in [0.15, 0.2) is 0 Å². The van der Waals surface area contributed by atoms with Crippen molar-refractivity contribution >= 4 is 11.6 Å². The summed E-state index contributed by atoms with van der Waals surface area (Å²) in [5.41, 5.74) is 3.51. The van der Waals surface area contributed by atoms with Crippen molar-refractivity contribution in [2.45, 2.75) is 12.3 Å². The maximum absolute atomic E-state index is 6.02. The first-order valence-corrected chi connectivity index (χ1v) is 6.03. The number of rotatable bonds is 3. The second-order valence-corrected chi connectivity index (χ2v) is 4.62. The third-order valence-corrected chi connectivity index (χ3v) is 3.05. The largest absolute Gasteiger partial charge is 0.497 e. The van der Waals surface area contributed by atoms with Crippen molar-refractivity contribution in [3.8, 4) is 16.9 Å². The van der Waals surface area contributed by atoms with Crippen LogP contribution in [0.2, 0.25) is 0 Å². The average Bonchev–Trinajstić information content (AvgIpc) is 2.39. The number of hydrogen-bond acceptors (Lipinski definition) is 1. The molecule has 1 nitrogen and oxygen atoms in total. The fourth-order valence-electron chi connectivity index (χ4n) is 1.72. The molecule has 88 valence electrons. The molecule has 1 atom stereocenters. The number of alkyl halides is 1. The Hall–Kier alpha value is -1.47. The first-order valence-electron chi connectivity index (χ1n) is 5.59. The molecule has 0 fully saturated rings. The summed E-state index contributed by atoms with van der Waals surface area (Å²) in [7, 11) is 1.67. The summed E-state index contributed by atoms with van der Waals surface area (Å²) < 4.78 is 5.14. The zero-order valence-electron chi connectivity index (χ0n) is 9.98. The van der Waals surface area contributed by atoms with Gasteiger partial charge in [0.05, 0.1) is 12.5 Å². The lowest BCUT2D eigenvalue weighted by molar-refractivity contribution is 0.415. The van der Waals surface area contributed by atoms with Crippen molar-refractivity contribution in [3.05, 3.63) is 54.1 Å². The summed E-state index contributed by atoms with van der Waals surface area (Å²) in [6.45, 7) is 1.98. The highest BCUT2D eigenvalue weighted by Crippen LogP contribution is 2.25. The Morgan fingerprint density at radius 1 is 0.882 bits per heavy atom. The van der Waals surface area contributed by atoms with E-state index in [-0.39, 0.29) is 5.38 Å². The number of methoxy groups -OCH3 is 1. The molecule has 0 aliphatic heterocycles. The summed E-state index contributed by atoms with van der Waals surface area (Å²) in [5, 5.41) is 0.0555. The molecule has 0 saturated carbocycles. The molecular formula is C15H15ClO. The standard InChI is InChI=1S/C15H15ClO/c1-11(16)12-3-5-13(6-4-12)14-7-9-15(17-2)10-8-14/h3-11H,1-2H3. The van der Waals surface area contributed by atoms with Crippen molar-refractivity contribution in [3.63, 3.8) is 0 Å². The minimum absolute atomic E-state index is 0.0555. The highest BCUT2D eigenvalue weighted by molar-refractivity contribution is 6.20. The summed E-state index contributed by atoms with van der Waals surface area (Å²) in [4.78, 5) is 0. The van der Waals surface area contributed by atoms with Gasteiger partial charge in [-0.2, -0.15) is 0 Å². The number of halogens is 1. The van der Waals surface area contributed by atoms with E-state index in [1.54, 1.807) is 7.11 Å². The van der Waals surface area contributed by atoms with Gasteiger partial charge in [-0.3, -0.25) is 0 Å². The van der Waals surface area contributed by atoms with Crippen LogP contribution in [0.15, 0.2) is 48.5 Å². The van der Waals surface area contributed by atoms with E-state index in [0.717, 1.165) is 11.3 Å². The topological polar surface area (TPSA) is 9.23 Å². The monoisotopic (exact) mass is 246 g/mol. The second-order valence-electron chi connectivity index (χ2n) is 3.97. The fraction of sp³-hybridized carbons (Fsp3) is 0.200. The van der Waals surface area contributed by atoms with Gasteiger partial charge in [0.1, 0.15) is 5.75 Å². The van der Waals surface area contributed by atoms with Crippen LogP contribution in [0.3, 0.4) is 0 Å². The van der Waals surface area contributed by atoms with Crippen LogP contribution in [0.1, 0.15) is 17.9 Å². The van der Waals surface area contributed by atoms with Crippen molar-refractivity contribution in [2.75, 3.05) is 7.11 Å². The van der Waals surface area contributed by atoms with Crippen LogP contribution < -0.4 is 4.74 Å². The summed E-state index contributed by atoms with van der Waals surface area (Å²) in [5.74, 6) is 0.875. The molecule has 2 heteroatoms. The first-order chi connectivity index (χ1) is 8.20. The Morgan fingerprint density at radius 3 is 1.76 bits per heavy atom. The van der Waals surface area contributed by atoms with Gasteiger partial charge < -0.3 is 4.74 Å². The van der Waals surface area contributed by atoms with Crippen LogP contribution in [-0.4, -0.2) is 7.11 Å². The molecule has 0 bridgehead atoms. The minimum Gasteiger partial charge on any atom is -0.497 e. The van der Waals surface area contributed by atoms with Crippen LogP contribution in [0, 0.1) is 0 Å². The highest BCUT2D eigenvalue weighted by Gasteiger charge is 2.02. The third kappa shape index (κ3) is 2.80. The van der Waals surface area contributed by atoms with E-state index in [1.807, 2.05) is 19.1 Å². The Labute approximate surface area is 107 Å². The van der Waals surface area contributed by atoms with Crippen molar-refractivity contribution in [1.29, 1.82) is 0 Å². The van der Waals surface area contributed by atoms with Gasteiger partial charge in [-0.05, 0) is 35.7 Å². The minimum atomic E-state index is 0.0555. The molecule has 0 aromatic heterocycles. The maximum Gasteiger partial charge on any atom is 0.118 e. The predicted molar refractivity (Wildman–Crippen MR) is 72.7 cm³/mol. The smallest absolute Gasteiger partial charge is 0.118 e. The number of ether oxygens (including phenoxy) is 1. The molecule has 17 heavy (non-hydrogen) atoms. The van der Waals surface area contributed by atoms with E-state index >= 15 is 0 Å². The van der Waals surface area contributed by atoms with Gasteiger partial charge in [0.2, 0.25) is 0 Å². The predicted octanol–water partition coefficient (Wildman–Crippen LogP) is 4.66. The Morgan fingerprint density at radius 2 is 1.35 bits per heavy atom. The van der Waals surface area contributed by atoms with Crippen LogP contribution in [0.4, 0.5) is 0 Å². The summed E-state index contributed by atoms with van der Waals surface area (Å²) in [6.07, 6.45) is 0. The lowest BCUT2D eigenvalue weighted by Crippen LogP contribution is -1.85. The summed E-state index contributed by atoms with van der Waals surface area (Å²) >= 11 is 6.02. The normalized spacial score (nSPS) is 12.2. The molecule has 2 aromatic carbocycles. The van der Waals surface area contributed by atoms with E-state index in [1.165, 1.54) is 11.1 Å². The molecule has 0 saturated heterocycles. The lowest BCUT2D eigenvalue weighted by Gasteiger charge is -2.06. The molecule has 0 radical (unpaired) electrons. The lowest BCUT2D eigenvalue weighted by atomic mass is 10.0. The van der Waals surface area contributed by atoms with Crippen molar-refractivity contribution in [2.24, 2.45) is 0 Å². The third-order valence-electron chi connectivity index (χ3n) is 2.79. The first kappa shape index (κ1) is 12.0. The highest BCUT2D eigenvalue weighted by atomic mass is 35.5. The Kier molecular flexibility index (Phi) is 3.70. The zero-order chi connectivity index (χ0) is 12.3. The molecule has 0 spiro atoms. The van der Waals surface area contributed by atoms with Crippen molar-refractivity contribution < 1.29 is 4.74 Å². The second kappa shape index (κ2) is 5.24. The van der Waals surface area contributed by atoms with Gasteiger partial charge in [0.25, 0.3) is 0 Å². The molecule has 0 heterocycles. The number of benzene rings is 2. The van der Waals surface area contributed by atoms with Gasteiger partial charge in [-0.25, -0.2) is 0 Å². The van der Waals surface area contributed by atoms with E-state index in [4.69, 9.17) is 16.3 Å². The zero-order valence-corrected chi connectivity index (χ0v) is 10.7. The molecule has 0 aliphatic carbocycles. The average molecular weight is 247 g/mol. The molecule has 2 aromatic rings. The molecule has 0 aliphatic rings. The quantitative estimate of drug-likeness (QED) is 0.716. The van der Waals surface area contributed by atoms with E-state index in [9.17, 15) is 0 Å². The molecular weight excluding hydrogens is 232 g/mol.